The van der Waals surface area contributed by atoms with Crippen LogP contribution in [0.1, 0.15) is 50.3 Å². The minimum absolute atomic E-state index is 0.0251. The first-order chi connectivity index (χ1) is 11.6. The fourth-order valence-corrected chi connectivity index (χ4v) is 2.74. The van der Waals surface area contributed by atoms with E-state index in [9.17, 15) is 14.7 Å². The molecule has 1 aromatic heterocycles. The van der Waals surface area contributed by atoms with Gasteiger partial charge in [0.2, 0.25) is 5.95 Å². The van der Waals surface area contributed by atoms with Crippen LogP contribution in [0.25, 0.3) is 0 Å². The number of carboxylic acids is 1. The third-order valence-corrected chi connectivity index (χ3v) is 3.81. The van der Waals surface area contributed by atoms with Crippen molar-refractivity contribution in [2.24, 2.45) is 0 Å². The standard InChI is InChI=1S/C17H26N4O4/c1-11-9-13(14(22)23)19-15(18-11)21-8-6-7-20(10-12(21)2)16(24)25-17(3,4)5/h9,12H,6-8,10H2,1-5H3,(H,22,23)/t12-/m0/s1. The first-order valence-corrected chi connectivity index (χ1v) is 8.40. The quantitative estimate of drug-likeness (QED) is 0.874. The van der Waals surface area contributed by atoms with Gasteiger partial charge in [0.05, 0.1) is 0 Å². The van der Waals surface area contributed by atoms with Crippen molar-refractivity contribution in [1.82, 2.24) is 14.9 Å². The van der Waals surface area contributed by atoms with E-state index < -0.39 is 11.6 Å². The maximum atomic E-state index is 12.3. The van der Waals surface area contributed by atoms with Gasteiger partial charge in [-0.3, -0.25) is 0 Å². The molecule has 1 aliphatic rings. The number of ether oxygens (including phenoxy) is 1. The molecule has 0 spiro atoms. The molecule has 25 heavy (non-hydrogen) atoms. The van der Waals surface area contributed by atoms with Crippen LogP contribution >= 0.6 is 0 Å². The SMILES string of the molecule is Cc1cc(C(=O)O)nc(N2CCCN(C(=O)OC(C)(C)C)C[C@@H]2C)n1. The number of aromatic nitrogens is 2. The summed E-state index contributed by atoms with van der Waals surface area (Å²) in [6, 6.07) is 1.39. The van der Waals surface area contributed by atoms with Crippen LogP contribution in [0.4, 0.5) is 10.7 Å². The number of carbonyl (C=O) groups is 2. The molecular formula is C17H26N4O4. The molecule has 1 amide bonds. The number of rotatable bonds is 2. The third kappa shape index (κ3) is 5.04. The highest BCUT2D eigenvalue weighted by Crippen LogP contribution is 2.19. The Kier molecular flexibility index (Phi) is 5.49. The summed E-state index contributed by atoms with van der Waals surface area (Å²) in [5.74, 6) is -0.694. The summed E-state index contributed by atoms with van der Waals surface area (Å²) in [5.41, 5.74) is 0.0355. The van der Waals surface area contributed by atoms with Gasteiger partial charge in [0.1, 0.15) is 5.60 Å². The Hall–Kier alpha value is -2.38. The van der Waals surface area contributed by atoms with Crippen molar-refractivity contribution >= 4 is 18.0 Å². The van der Waals surface area contributed by atoms with Gasteiger partial charge >= 0.3 is 12.1 Å². The predicted octanol–water partition coefficient (Wildman–Crippen LogP) is 2.32. The molecule has 1 aromatic rings. The van der Waals surface area contributed by atoms with Crippen LogP contribution in [-0.2, 0) is 4.74 Å². The molecule has 1 aliphatic heterocycles. The summed E-state index contributed by atoms with van der Waals surface area (Å²) in [5, 5.41) is 9.20. The Balaban J connectivity index is 2.18. The molecular weight excluding hydrogens is 324 g/mol. The maximum Gasteiger partial charge on any atom is 0.410 e. The first-order valence-electron chi connectivity index (χ1n) is 8.40. The minimum atomic E-state index is -1.08. The molecule has 0 aliphatic carbocycles. The van der Waals surface area contributed by atoms with E-state index in [1.165, 1.54) is 6.07 Å². The van der Waals surface area contributed by atoms with E-state index in [2.05, 4.69) is 9.97 Å². The zero-order chi connectivity index (χ0) is 18.8. The van der Waals surface area contributed by atoms with Crippen molar-refractivity contribution < 1.29 is 19.4 Å². The number of nitrogens with zero attached hydrogens (tertiary/aromatic N) is 4. The number of anilines is 1. The lowest BCUT2D eigenvalue weighted by Gasteiger charge is -2.30. The second kappa shape index (κ2) is 7.25. The molecule has 1 N–H and O–H groups in total. The summed E-state index contributed by atoms with van der Waals surface area (Å²) < 4.78 is 5.45. The van der Waals surface area contributed by atoms with Gasteiger partial charge in [0.25, 0.3) is 0 Å². The number of carbonyl (C=O) groups excluding carboxylic acids is 1. The highest BCUT2D eigenvalue weighted by Gasteiger charge is 2.29. The van der Waals surface area contributed by atoms with E-state index in [-0.39, 0.29) is 17.8 Å². The van der Waals surface area contributed by atoms with Gasteiger partial charge in [-0.05, 0) is 47.1 Å². The summed E-state index contributed by atoms with van der Waals surface area (Å²) in [6.07, 6.45) is 0.390. The predicted molar refractivity (Wildman–Crippen MR) is 93.0 cm³/mol. The van der Waals surface area contributed by atoms with Crippen molar-refractivity contribution in [1.29, 1.82) is 0 Å². The number of aromatic carboxylic acids is 1. The normalized spacial score (nSPS) is 18.7. The van der Waals surface area contributed by atoms with Crippen molar-refractivity contribution in [3.8, 4) is 0 Å². The lowest BCUT2D eigenvalue weighted by molar-refractivity contribution is 0.0251. The molecule has 0 saturated carbocycles. The van der Waals surface area contributed by atoms with Crippen LogP contribution in [0, 0.1) is 6.92 Å². The van der Waals surface area contributed by atoms with Crippen LogP contribution in [0.3, 0.4) is 0 Å². The molecule has 8 heteroatoms. The Bertz CT molecular complexity index is 657. The monoisotopic (exact) mass is 350 g/mol. The average molecular weight is 350 g/mol. The lowest BCUT2D eigenvalue weighted by atomic mass is 10.2. The van der Waals surface area contributed by atoms with Crippen molar-refractivity contribution in [3.05, 3.63) is 17.5 Å². The van der Waals surface area contributed by atoms with Crippen molar-refractivity contribution in [2.75, 3.05) is 24.5 Å². The van der Waals surface area contributed by atoms with E-state index in [1.807, 2.05) is 32.6 Å². The molecule has 0 bridgehead atoms. The highest BCUT2D eigenvalue weighted by atomic mass is 16.6. The largest absolute Gasteiger partial charge is 0.477 e. The summed E-state index contributed by atoms with van der Waals surface area (Å²) in [6.45, 7) is 10.9. The van der Waals surface area contributed by atoms with E-state index in [0.717, 1.165) is 6.42 Å². The summed E-state index contributed by atoms with van der Waals surface area (Å²) in [4.78, 5) is 35.7. The molecule has 2 rings (SSSR count). The van der Waals surface area contributed by atoms with E-state index >= 15 is 0 Å². The van der Waals surface area contributed by atoms with Crippen LogP contribution < -0.4 is 4.90 Å². The van der Waals surface area contributed by atoms with Gasteiger partial charge in [-0.25, -0.2) is 19.6 Å². The smallest absolute Gasteiger partial charge is 0.410 e. The van der Waals surface area contributed by atoms with Crippen LogP contribution in [0.5, 0.6) is 0 Å². The molecule has 2 heterocycles. The number of hydrogen-bond donors (Lipinski definition) is 1. The molecule has 0 unspecified atom stereocenters. The van der Waals surface area contributed by atoms with E-state index in [0.29, 0.717) is 31.3 Å². The molecule has 0 radical (unpaired) electrons. The maximum absolute atomic E-state index is 12.3. The van der Waals surface area contributed by atoms with Gasteiger partial charge in [-0.15, -0.1) is 0 Å². The fraction of sp³-hybridized carbons (Fsp3) is 0.647. The number of amides is 1. The van der Waals surface area contributed by atoms with Crippen molar-refractivity contribution in [3.63, 3.8) is 0 Å². The topological polar surface area (TPSA) is 95.9 Å². The molecule has 1 saturated heterocycles. The van der Waals surface area contributed by atoms with E-state index in [1.54, 1.807) is 11.8 Å². The highest BCUT2D eigenvalue weighted by molar-refractivity contribution is 5.85. The van der Waals surface area contributed by atoms with Crippen LogP contribution in [0.2, 0.25) is 0 Å². The molecule has 0 aromatic carbocycles. The molecule has 138 valence electrons. The Morgan fingerprint density at radius 2 is 1.96 bits per heavy atom. The second-order valence-corrected chi connectivity index (χ2v) is 7.32. The van der Waals surface area contributed by atoms with Crippen molar-refractivity contribution in [2.45, 2.75) is 52.7 Å². The fourth-order valence-electron chi connectivity index (χ4n) is 2.74. The van der Waals surface area contributed by atoms with Crippen LogP contribution in [0.15, 0.2) is 6.07 Å². The van der Waals surface area contributed by atoms with Gasteiger partial charge in [-0.1, -0.05) is 0 Å². The molecule has 1 fully saturated rings. The zero-order valence-corrected chi connectivity index (χ0v) is 15.4. The van der Waals surface area contributed by atoms with Gasteiger partial charge in [0.15, 0.2) is 5.69 Å². The first kappa shape index (κ1) is 19.0. The Morgan fingerprint density at radius 1 is 1.28 bits per heavy atom. The number of carboxylic acid groups (broad SMARTS) is 1. The number of hydrogen-bond acceptors (Lipinski definition) is 6. The Morgan fingerprint density at radius 3 is 2.56 bits per heavy atom. The van der Waals surface area contributed by atoms with Gasteiger partial charge < -0.3 is 19.6 Å². The zero-order valence-electron chi connectivity index (χ0n) is 15.4. The second-order valence-electron chi connectivity index (χ2n) is 7.32. The summed E-state index contributed by atoms with van der Waals surface area (Å²) in [7, 11) is 0. The molecule has 8 nitrogen and oxygen atoms in total. The average Bonchev–Trinajstić information content (AvgIpc) is 2.66. The number of aryl methyl sites for hydroxylation is 1. The minimum Gasteiger partial charge on any atom is -0.477 e. The van der Waals surface area contributed by atoms with E-state index in [4.69, 9.17) is 4.74 Å². The van der Waals surface area contributed by atoms with Gasteiger partial charge in [0, 0.05) is 31.4 Å². The lowest BCUT2D eigenvalue weighted by Crippen LogP contribution is -2.43. The molecule has 1 atom stereocenters. The van der Waals surface area contributed by atoms with Crippen LogP contribution in [-0.4, -0.2) is 63.3 Å². The Labute approximate surface area is 147 Å². The summed E-state index contributed by atoms with van der Waals surface area (Å²) >= 11 is 0. The van der Waals surface area contributed by atoms with Gasteiger partial charge in [-0.2, -0.15) is 0 Å². The third-order valence-electron chi connectivity index (χ3n) is 3.81.